The summed E-state index contributed by atoms with van der Waals surface area (Å²) < 4.78 is 5.06. The average Bonchev–Trinajstić information content (AvgIpc) is 2.53. The van der Waals surface area contributed by atoms with Crippen molar-refractivity contribution in [3.05, 3.63) is 77.4 Å². The summed E-state index contributed by atoms with van der Waals surface area (Å²) in [5.74, 6) is -0.0974. The van der Waals surface area contributed by atoms with Crippen molar-refractivity contribution in [2.75, 3.05) is 7.11 Å². The number of carbonyl (C=O) groups excluding carboxylic acids is 1. The van der Waals surface area contributed by atoms with Crippen LogP contribution in [0.25, 0.3) is 6.08 Å². The van der Waals surface area contributed by atoms with E-state index >= 15 is 0 Å². The number of carbonyl (C=O) groups is 1. The van der Waals surface area contributed by atoms with Crippen LogP contribution in [0.2, 0.25) is 0 Å². The fourth-order valence-electron chi connectivity index (χ4n) is 1.90. The van der Waals surface area contributed by atoms with Gasteiger partial charge in [-0.1, -0.05) is 54.6 Å². The van der Waals surface area contributed by atoms with Crippen LogP contribution in [0.15, 0.2) is 60.7 Å². The molecule has 2 rings (SSSR count). The zero-order chi connectivity index (χ0) is 14.9. The van der Waals surface area contributed by atoms with Crippen LogP contribution in [0.4, 0.5) is 0 Å². The molecule has 0 aliphatic rings. The topological polar surface area (TPSA) is 38.3 Å². The number of amides is 1. The molecule has 1 N–H and O–H groups in total. The molecule has 0 fully saturated rings. The third-order valence-corrected chi connectivity index (χ3v) is 3.03. The predicted octanol–water partition coefficient (Wildman–Crippen LogP) is 3.16. The minimum Gasteiger partial charge on any atom is -0.380 e. The molecule has 0 saturated carbocycles. The van der Waals surface area contributed by atoms with Gasteiger partial charge in [-0.2, -0.15) is 0 Å². The molecule has 1 amide bonds. The van der Waals surface area contributed by atoms with Crippen LogP contribution >= 0.6 is 0 Å². The lowest BCUT2D eigenvalue weighted by atomic mass is 10.1. The highest BCUT2D eigenvalue weighted by Gasteiger charge is 1.98. The molecule has 0 unspecified atom stereocenters. The van der Waals surface area contributed by atoms with E-state index in [0.29, 0.717) is 13.2 Å². The van der Waals surface area contributed by atoms with Gasteiger partial charge in [0.05, 0.1) is 6.61 Å². The van der Waals surface area contributed by atoms with Crippen molar-refractivity contribution in [2.24, 2.45) is 0 Å². The van der Waals surface area contributed by atoms with E-state index in [0.717, 1.165) is 16.7 Å². The van der Waals surface area contributed by atoms with Crippen molar-refractivity contribution in [3.8, 4) is 0 Å². The maximum Gasteiger partial charge on any atom is 0.244 e. The molecule has 0 saturated heterocycles. The number of rotatable bonds is 6. The first kappa shape index (κ1) is 15.0. The first-order chi connectivity index (χ1) is 10.3. The normalized spacial score (nSPS) is 10.7. The van der Waals surface area contributed by atoms with E-state index in [1.165, 1.54) is 0 Å². The van der Waals surface area contributed by atoms with Gasteiger partial charge >= 0.3 is 0 Å². The van der Waals surface area contributed by atoms with Crippen molar-refractivity contribution in [1.29, 1.82) is 0 Å². The summed E-state index contributed by atoms with van der Waals surface area (Å²) in [4.78, 5) is 11.7. The van der Waals surface area contributed by atoms with E-state index < -0.39 is 0 Å². The van der Waals surface area contributed by atoms with E-state index in [9.17, 15) is 4.79 Å². The van der Waals surface area contributed by atoms with Gasteiger partial charge in [-0.3, -0.25) is 4.79 Å². The van der Waals surface area contributed by atoms with Gasteiger partial charge in [0.2, 0.25) is 5.91 Å². The van der Waals surface area contributed by atoms with Gasteiger partial charge in [-0.25, -0.2) is 0 Å². The molecule has 0 radical (unpaired) electrons. The Morgan fingerprint density at radius 3 is 2.38 bits per heavy atom. The van der Waals surface area contributed by atoms with Gasteiger partial charge in [0.15, 0.2) is 0 Å². The summed E-state index contributed by atoms with van der Waals surface area (Å²) in [6.45, 7) is 1.12. The van der Waals surface area contributed by atoms with Gasteiger partial charge in [0.25, 0.3) is 0 Å². The lowest BCUT2D eigenvalue weighted by Gasteiger charge is -2.04. The van der Waals surface area contributed by atoms with Crippen LogP contribution in [0.5, 0.6) is 0 Å². The summed E-state index contributed by atoms with van der Waals surface area (Å²) in [5.41, 5.74) is 3.20. The highest BCUT2D eigenvalue weighted by atomic mass is 16.5. The third-order valence-electron chi connectivity index (χ3n) is 3.03. The van der Waals surface area contributed by atoms with E-state index in [1.807, 2.05) is 54.6 Å². The highest BCUT2D eigenvalue weighted by Crippen LogP contribution is 2.05. The summed E-state index contributed by atoms with van der Waals surface area (Å²) in [7, 11) is 1.67. The van der Waals surface area contributed by atoms with Crippen LogP contribution in [-0.4, -0.2) is 13.0 Å². The summed E-state index contributed by atoms with van der Waals surface area (Å²) in [6, 6.07) is 17.8. The van der Waals surface area contributed by atoms with Crippen molar-refractivity contribution < 1.29 is 9.53 Å². The van der Waals surface area contributed by atoms with Gasteiger partial charge in [-0.05, 0) is 22.8 Å². The molecule has 3 heteroatoms. The maximum atomic E-state index is 11.7. The lowest BCUT2D eigenvalue weighted by molar-refractivity contribution is -0.116. The quantitative estimate of drug-likeness (QED) is 0.826. The van der Waals surface area contributed by atoms with E-state index in [1.54, 1.807) is 19.3 Å². The Balaban J connectivity index is 1.82. The van der Waals surface area contributed by atoms with Crippen LogP contribution in [0.1, 0.15) is 16.7 Å². The molecule has 0 heterocycles. The summed E-state index contributed by atoms with van der Waals surface area (Å²) >= 11 is 0. The second-order valence-corrected chi connectivity index (χ2v) is 4.71. The average molecular weight is 281 g/mol. The van der Waals surface area contributed by atoms with Gasteiger partial charge in [-0.15, -0.1) is 0 Å². The molecule has 0 aromatic heterocycles. The zero-order valence-corrected chi connectivity index (χ0v) is 12.1. The van der Waals surface area contributed by atoms with E-state index in [4.69, 9.17) is 4.74 Å². The number of methoxy groups -OCH3 is 1. The molecule has 3 nitrogen and oxygen atoms in total. The van der Waals surface area contributed by atoms with Crippen LogP contribution in [0, 0.1) is 0 Å². The van der Waals surface area contributed by atoms with E-state index in [2.05, 4.69) is 5.32 Å². The number of hydrogen-bond donors (Lipinski definition) is 1. The van der Waals surface area contributed by atoms with Crippen molar-refractivity contribution in [2.45, 2.75) is 13.2 Å². The maximum absolute atomic E-state index is 11.7. The number of hydrogen-bond acceptors (Lipinski definition) is 2. The number of nitrogens with one attached hydrogen (secondary N) is 1. The fourth-order valence-corrected chi connectivity index (χ4v) is 1.90. The van der Waals surface area contributed by atoms with E-state index in [-0.39, 0.29) is 5.91 Å². The molecule has 0 aliphatic heterocycles. The lowest BCUT2D eigenvalue weighted by Crippen LogP contribution is -2.20. The van der Waals surface area contributed by atoms with Crippen LogP contribution in [0.3, 0.4) is 0 Å². The molecule has 0 atom stereocenters. The minimum absolute atomic E-state index is 0.0974. The molecular weight excluding hydrogens is 262 g/mol. The molecule has 2 aromatic carbocycles. The Labute approximate surface area is 125 Å². The largest absolute Gasteiger partial charge is 0.380 e. The van der Waals surface area contributed by atoms with Gasteiger partial charge in [0, 0.05) is 19.7 Å². The monoisotopic (exact) mass is 281 g/mol. The molecule has 2 aromatic rings. The Morgan fingerprint density at radius 1 is 1.05 bits per heavy atom. The number of benzene rings is 2. The minimum atomic E-state index is -0.0974. The van der Waals surface area contributed by atoms with Gasteiger partial charge < -0.3 is 10.1 Å². The van der Waals surface area contributed by atoms with Crippen molar-refractivity contribution in [1.82, 2.24) is 5.32 Å². The molecular formula is C18H19NO2. The van der Waals surface area contributed by atoms with Gasteiger partial charge in [0.1, 0.15) is 0 Å². The molecule has 0 spiro atoms. The van der Waals surface area contributed by atoms with Crippen molar-refractivity contribution in [3.63, 3.8) is 0 Å². The molecule has 0 aliphatic carbocycles. The molecule has 0 bridgehead atoms. The molecule has 21 heavy (non-hydrogen) atoms. The predicted molar refractivity (Wildman–Crippen MR) is 84.5 cm³/mol. The Kier molecular flexibility index (Phi) is 5.73. The molecule has 108 valence electrons. The summed E-state index contributed by atoms with van der Waals surface area (Å²) in [5, 5.41) is 2.86. The standard InChI is InChI=1S/C18H19NO2/c1-21-14-17-9-7-16(8-10-17)13-19-18(20)12-11-15-5-3-2-4-6-15/h2-12H,13-14H2,1H3,(H,19,20). The first-order valence-corrected chi connectivity index (χ1v) is 6.85. The number of ether oxygens (including phenoxy) is 1. The van der Waals surface area contributed by atoms with Crippen LogP contribution in [-0.2, 0) is 22.7 Å². The zero-order valence-electron chi connectivity index (χ0n) is 12.1. The Bertz CT molecular complexity index is 588. The highest BCUT2D eigenvalue weighted by molar-refractivity contribution is 5.91. The van der Waals surface area contributed by atoms with Crippen LogP contribution < -0.4 is 5.32 Å². The van der Waals surface area contributed by atoms with Crippen molar-refractivity contribution >= 4 is 12.0 Å². The second-order valence-electron chi connectivity index (χ2n) is 4.71. The Hall–Kier alpha value is -2.39. The first-order valence-electron chi connectivity index (χ1n) is 6.85. The fraction of sp³-hybridized carbons (Fsp3) is 0.167. The third kappa shape index (κ3) is 5.24. The SMILES string of the molecule is COCc1ccc(CNC(=O)C=Cc2ccccc2)cc1. The second kappa shape index (κ2) is 8.02. The summed E-state index contributed by atoms with van der Waals surface area (Å²) in [6.07, 6.45) is 3.35. The smallest absolute Gasteiger partial charge is 0.244 e. The Morgan fingerprint density at radius 2 is 1.71 bits per heavy atom.